The van der Waals surface area contributed by atoms with E-state index < -0.39 is 6.04 Å². The van der Waals surface area contributed by atoms with E-state index in [1.807, 2.05) is 31.5 Å². The van der Waals surface area contributed by atoms with Crippen molar-refractivity contribution in [1.29, 1.82) is 0 Å². The van der Waals surface area contributed by atoms with Crippen molar-refractivity contribution in [3.05, 3.63) is 22.4 Å². The highest BCUT2D eigenvalue weighted by molar-refractivity contribution is 9.10. The van der Waals surface area contributed by atoms with Gasteiger partial charge in [0, 0.05) is 23.8 Å². The Kier molecular flexibility index (Phi) is 6.26. The lowest BCUT2D eigenvalue weighted by atomic mass is 10.2. The van der Waals surface area contributed by atoms with Crippen LogP contribution in [0.2, 0.25) is 0 Å². The summed E-state index contributed by atoms with van der Waals surface area (Å²) >= 11 is 3.35. The lowest BCUT2D eigenvalue weighted by Crippen LogP contribution is -2.46. The van der Waals surface area contributed by atoms with E-state index in [4.69, 9.17) is 0 Å². The molecule has 0 aliphatic rings. The molecule has 1 unspecified atom stereocenters. The summed E-state index contributed by atoms with van der Waals surface area (Å²) in [6.45, 7) is 8.99. The molecule has 0 radical (unpaired) electrons. The van der Waals surface area contributed by atoms with E-state index in [1.54, 1.807) is 13.0 Å². The van der Waals surface area contributed by atoms with Gasteiger partial charge in [-0.2, -0.15) is 0 Å². The van der Waals surface area contributed by atoms with E-state index >= 15 is 0 Å². The van der Waals surface area contributed by atoms with Crippen LogP contribution < -0.4 is 10.6 Å². The minimum atomic E-state index is -0.555. The summed E-state index contributed by atoms with van der Waals surface area (Å²) in [5.74, 6) is -0.0272. The molecule has 20 heavy (non-hydrogen) atoms. The molecule has 1 heterocycles. The summed E-state index contributed by atoms with van der Waals surface area (Å²) in [5, 5.41) is 5.52. The zero-order valence-electron chi connectivity index (χ0n) is 12.4. The highest BCUT2D eigenvalue weighted by Crippen LogP contribution is 2.15. The van der Waals surface area contributed by atoms with Gasteiger partial charge in [0.15, 0.2) is 0 Å². The number of aryl methyl sites for hydroxylation is 1. The van der Waals surface area contributed by atoms with Crippen molar-refractivity contribution in [2.24, 2.45) is 5.92 Å². The third-order valence-electron chi connectivity index (χ3n) is 2.86. The van der Waals surface area contributed by atoms with E-state index in [0.717, 1.165) is 4.47 Å². The number of carbonyl (C=O) groups is 2. The summed E-state index contributed by atoms with van der Waals surface area (Å²) < 4.78 is 2.68. The number of hydrogen-bond donors (Lipinski definition) is 2. The first-order chi connectivity index (χ1) is 9.35. The van der Waals surface area contributed by atoms with Gasteiger partial charge in [0.2, 0.25) is 5.91 Å². The maximum absolute atomic E-state index is 12.2. The number of hydrogen-bond acceptors (Lipinski definition) is 2. The molecule has 112 valence electrons. The Labute approximate surface area is 128 Å². The molecule has 1 aromatic heterocycles. The van der Waals surface area contributed by atoms with Crippen molar-refractivity contribution in [3.63, 3.8) is 0 Å². The van der Waals surface area contributed by atoms with E-state index in [0.29, 0.717) is 24.7 Å². The van der Waals surface area contributed by atoms with Crippen LogP contribution in [0.5, 0.6) is 0 Å². The minimum Gasteiger partial charge on any atom is -0.354 e. The fraction of sp³-hybridized carbons (Fsp3) is 0.571. The molecule has 0 aliphatic heterocycles. The number of nitrogens with one attached hydrogen (secondary N) is 2. The molecule has 1 aromatic rings. The van der Waals surface area contributed by atoms with E-state index in [1.165, 1.54) is 0 Å². The topological polar surface area (TPSA) is 63.1 Å². The summed E-state index contributed by atoms with van der Waals surface area (Å²) in [7, 11) is 0. The molecule has 0 saturated carbocycles. The number of nitrogens with zero attached hydrogens (tertiary/aromatic N) is 1. The van der Waals surface area contributed by atoms with Gasteiger partial charge in [0.25, 0.3) is 5.91 Å². The fourth-order valence-corrected chi connectivity index (χ4v) is 2.18. The molecular weight excluding hydrogens is 322 g/mol. The predicted molar refractivity (Wildman–Crippen MR) is 82.6 cm³/mol. The monoisotopic (exact) mass is 343 g/mol. The first kappa shape index (κ1) is 16.8. The molecule has 6 heteroatoms. The van der Waals surface area contributed by atoms with Crippen LogP contribution in [-0.2, 0) is 11.3 Å². The molecule has 0 bridgehead atoms. The predicted octanol–water partition coefficient (Wildman–Crippen LogP) is 2.16. The standard InChI is InChI=1S/C14H22BrN3O2/c1-5-18-8-11(15)6-12(18)14(20)17-10(4)13(19)16-7-9(2)3/h6,8-10H,5,7H2,1-4H3,(H,16,19)(H,17,20). The molecule has 0 saturated heterocycles. The average molecular weight is 344 g/mol. The van der Waals surface area contributed by atoms with Crippen LogP contribution >= 0.6 is 15.9 Å². The quantitative estimate of drug-likeness (QED) is 0.831. The molecule has 0 aromatic carbocycles. The third-order valence-corrected chi connectivity index (χ3v) is 3.30. The van der Waals surface area contributed by atoms with Gasteiger partial charge < -0.3 is 15.2 Å². The number of halogens is 1. The molecule has 0 aliphatic carbocycles. The van der Waals surface area contributed by atoms with Crippen LogP contribution in [-0.4, -0.2) is 29.0 Å². The van der Waals surface area contributed by atoms with E-state index in [-0.39, 0.29) is 11.8 Å². The highest BCUT2D eigenvalue weighted by atomic mass is 79.9. The fourth-order valence-electron chi connectivity index (χ4n) is 1.72. The normalized spacial score (nSPS) is 12.3. The largest absolute Gasteiger partial charge is 0.354 e. The van der Waals surface area contributed by atoms with Crippen molar-refractivity contribution in [1.82, 2.24) is 15.2 Å². The second-order valence-electron chi connectivity index (χ2n) is 5.16. The smallest absolute Gasteiger partial charge is 0.268 e. The van der Waals surface area contributed by atoms with Crippen molar-refractivity contribution in [2.45, 2.75) is 40.3 Å². The minimum absolute atomic E-state index is 0.166. The summed E-state index contributed by atoms with van der Waals surface area (Å²) in [6.07, 6.45) is 1.85. The van der Waals surface area contributed by atoms with Gasteiger partial charge in [-0.15, -0.1) is 0 Å². The molecule has 2 amide bonds. The van der Waals surface area contributed by atoms with Gasteiger partial charge in [-0.1, -0.05) is 13.8 Å². The molecule has 0 fully saturated rings. The van der Waals surface area contributed by atoms with Crippen molar-refractivity contribution in [2.75, 3.05) is 6.54 Å². The Morgan fingerprint density at radius 2 is 2.00 bits per heavy atom. The Bertz CT molecular complexity index is 483. The Balaban J connectivity index is 2.63. The maximum atomic E-state index is 12.2. The number of amides is 2. The summed E-state index contributed by atoms with van der Waals surface area (Å²) in [5.41, 5.74) is 0.544. The molecule has 5 nitrogen and oxygen atoms in total. The van der Waals surface area contributed by atoms with Crippen LogP contribution in [0, 0.1) is 5.92 Å². The van der Waals surface area contributed by atoms with E-state index in [2.05, 4.69) is 26.6 Å². The van der Waals surface area contributed by atoms with Crippen LogP contribution in [0.4, 0.5) is 0 Å². The zero-order chi connectivity index (χ0) is 15.3. The van der Waals surface area contributed by atoms with Crippen LogP contribution in [0.15, 0.2) is 16.7 Å². The number of rotatable bonds is 6. The summed E-state index contributed by atoms with van der Waals surface area (Å²) in [4.78, 5) is 24.0. The summed E-state index contributed by atoms with van der Waals surface area (Å²) in [6, 6.07) is 1.19. The number of aromatic nitrogens is 1. The average Bonchev–Trinajstić information content (AvgIpc) is 2.76. The lowest BCUT2D eigenvalue weighted by molar-refractivity contribution is -0.122. The molecule has 2 N–H and O–H groups in total. The molecule has 1 rings (SSSR count). The van der Waals surface area contributed by atoms with Crippen molar-refractivity contribution >= 4 is 27.7 Å². The maximum Gasteiger partial charge on any atom is 0.268 e. The van der Waals surface area contributed by atoms with Crippen molar-refractivity contribution < 1.29 is 9.59 Å². The molecule has 1 atom stereocenters. The Hall–Kier alpha value is -1.30. The molecular formula is C14H22BrN3O2. The highest BCUT2D eigenvalue weighted by Gasteiger charge is 2.19. The van der Waals surface area contributed by atoms with Gasteiger partial charge in [0.05, 0.1) is 0 Å². The van der Waals surface area contributed by atoms with Crippen molar-refractivity contribution in [3.8, 4) is 0 Å². The first-order valence-corrected chi connectivity index (χ1v) is 7.58. The Morgan fingerprint density at radius 3 is 2.55 bits per heavy atom. The second-order valence-corrected chi connectivity index (χ2v) is 6.08. The SMILES string of the molecule is CCn1cc(Br)cc1C(=O)NC(C)C(=O)NCC(C)C. The third kappa shape index (κ3) is 4.67. The number of carbonyl (C=O) groups excluding carboxylic acids is 2. The van der Waals surface area contributed by atoms with Crippen LogP contribution in [0.3, 0.4) is 0 Å². The first-order valence-electron chi connectivity index (χ1n) is 6.79. The van der Waals surface area contributed by atoms with E-state index in [9.17, 15) is 9.59 Å². The van der Waals surface area contributed by atoms with Crippen LogP contribution in [0.1, 0.15) is 38.2 Å². The molecule has 0 spiro atoms. The Morgan fingerprint density at radius 1 is 1.35 bits per heavy atom. The lowest BCUT2D eigenvalue weighted by Gasteiger charge is -2.15. The van der Waals surface area contributed by atoms with Gasteiger partial charge >= 0.3 is 0 Å². The zero-order valence-corrected chi connectivity index (χ0v) is 14.0. The van der Waals surface area contributed by atoms with Gasteiger partial charge in [0.1, 0.15) is 11.7 Å². The van der Waals surface area contributed by atoms with Gasteiger partial charge in [-0.25, -0.2) is 0 Å². The van der Waals surface area contributed by atoms with Gasteiger partial charge in [-0.05, 0) is 41.8 Å². The van der Waals surface area contributed by atoms with Crippen LogP contribution in [0.25, 0.3) is 0 Å². The second kappa shape index (κ2) is 7.47. The van der Waals surface area contributed by atoms with Gasteiger partial charge in [-0.3, -0.25) is 9.59 Å².